The third-order valence-corrected chi connectivity index (χ3v) is 6.99. The molecule has 2 amide bonds. The summed E-state index contributed by atoms with van der Waals surface area (Å²) in [6.45, 7) is 3.53. The van der Waals surface area contributed by atoms with Crippen molar-refractivity contribution < 1.29 is 19.1 Å². The van der Waals surface area contributed by atoms with Crippen molar-refractivity contribution in [2.24, 2.45) is 0 Å². The Labute approximate surface area is 204 Å². The Morgan fingerprint density at radius 2 is 1.88 bits per heavy atom. The highest BCUT2D eigenvalue weighted by atomic mass is 32.1. The van der Waals surface area contributed by atoms with Crippen LogP contribution < -0.4 is 9.47 Å². The van der Waals surface area contributed by atoms with Crippen molar-refractivity contribution in [3.63, 3.8) is 0 Å². The van der Waals surface area contributed by atoms with Crippen LogP contribution in [0.5, 0.6) is 11.5 Å². The van der Waals surface area contributed by atoms with E-state index in [0.717, 1.165) is 24.2 Å². The predicted molar refractivity (Wildman–Crippen MR) is 134 cm³/mol. The van der Waals surface area contributed by atoms with Gasteiger partial charge in [0.05, 0.1) is 13.2 Å². The number of carbonyl (C=O) groups is 2. The molecule has 2 heterocycles. The number of hydrogen-bond acceptors (Lipinski definition) is 5. The normalized spacial score (nSPS) is 14.9. The zero-order chi connectivity index (χ0) is 23.9. The predicted octanol–water partition coefficient (Wildman–Crippen LogP) is 4.81. The maximum Gasteiger partial charge on any atom is 0.254 e. The van der Waals surface area contributed by atoms with E-state index in [2.05, 4.69) is 11.4 Å². The first-order chi connectivity index (χ1) is 16.6. The van der Waals surface area contributed by atoms with E-state index in [-0.39, 0.29) is 24.4 Å². The molecule has 4 rings (SSSR count). The Hall–Kier alpha value is -3.32. The van der Waals surface area contributed by atoms with Crippen LogP contribution >= 0.6 is 11.3 Å². The Kier molecular flexibility index (Phi) is 7.85. The van der Waals surface area contributed by atoms with Crippen LogP contribution in [0.1, 0.15) is 40.2 Å². The smallest absolute Gasteiger partial charge is 0.254 e. The summed E-state index contributed by atoms with van der Waals surface area (Å²) in [5.41, 5.74) is 1.66. The Bertz CT molecular complexity index is 1110. The van der Waals surface area contributed by atoms with E-state index in [1.54, 1.807) is 47.6 Å². The van der Waals surface area contributed by atoms with Gasteiger partial charge >= 0.3 is 0 Å². The van der Waals surface area contributed by atoms with E-state index in [1.807, 2.05) is 42.2 Å². The van der Waals surface area contributed by atoms with Gasteiger partial charge in [-0.05, 0) is 60.2 Å². The molecule has 3 aromatic rings. The number of methoxy groups -OCH3 is 1. The van der Waals surface area contributed by atoms with Crippen LogP contribution in [0.25, 0.3) is 0 Å². The molecule has 1 aromatic heterocycles. The molecule has 0 saturated heterocycles. The summed E-state index contributed by atoms with van der Waals surface area (Å²) < 4.78 is 11.3. The molecule has 0 bridgehead atoms. The van der Waals surface area contributed by atoms with Crippen molar-refractivity contribution in [3.8, 4) is 11.5 Å². The molecule has 0 N–H and O–H groups in total. The molecule has 34 heavy (non-hydrogen) atoms. The zero-order valence-electron chi connectivity index (χ0n) is 19.6. The minimum atomic E-state index is -0.182. The van der Waals surface area contributed by atoms with Gasteiger partial charge in [-0.15, -0.1) is 11.3 Å². The first-order valence-corrected chi connectivity index (χ1v) is 12.5. The number of fused-ring (bicyclic) bond motifs is 1. The van der Waals surface area contributed by atoms with Crippen molar-refractivity contribution in [1.82, 2.24) is 9.80 Å². The van der Waals surface area contributed by atoms with Crippen LogP contribution in [0.2, 0.25) is 0 Å². The molecule has 0 fully saturated rings. The number of carbonyl (C=O) groups excluding carboxylic acids is 2. The van der Waals surface area contributed by atoms with Gasteiger partial charge < -0.3 is 19.3 Å². The average molecular weight is 479 g/mol. The fourth-order valence-corrected chi connectivity index (χ4v) is 5.21. The maximum atomic E-state index is 13.6. The number of benzene rings is 2. The van der Waals surface area contributed by atoms with Crippen molar-refractivity contribution in [2.75, 3.05) is 33.4 Å². The van der Waals surface area contributed by atoms with Gasteiger partial charge in [0.1, 0.15) is 24.7 Å². The molecule has 1 aliphatic rings. The first-order valence-electron chi connectivity index (χ1n) is 11.6. The minimum absolute atomic E-state index is 0.0329. The summed E-state index contributed by atoms with van der Waals surface area (Å²) in [4.78, 5) is 31.6. The van der Waals surface area contributed by atoms with Gasteiger partial charge in [-0.2, -0.15) is 0 Å². The monoisotopic (exact) mass is 478 g/mol. The van der Waals surface area contributed by atoms with E-state index in [4.69, 9.17) is 9.47 Å². The van der Waals surface area contributed by atoms with E-state index >= 15 is 0 Å². The molecule has 0 radical (unpaired) electrons. The van der Waals surface area contributed by atoms with Crippen LogP contribution in [-0.4, -0.2) is 55.0 Å². The van der Waals surface area contributed by atoms with Crippen molar-refractivity contribution >= 4 is 23.2 Å². The molecule has 7 heteroatoms. The second kappa shape index (κ2) is 11.2. The molecule has 0 aliphatic carbocycles. The van der Waals surface area contributed by atoms with E-state index in [9.17, 15) is 9.59 Å². The highest BCUT2D eigenvalue weighted by Crippen LogP contribution is 2.34. The summed E-state index contributed by atoms with van der Waals surface area (Å²) in [6, 6.07) is 18.6. The molecule has 178 valence electrons. The zero-order valence-corrected chi connectivity index (χ0v) is 20.4. The summed E-state index contributed by atoms with van der Waals surface area (Å²) in [5.74, 6) is 1.16. The molecule has 0 unspecified atom stereocenters. The Morgan fingerprint density at radius 1 is 1.09 bits per heavy atom. The summed E-state index contributed by atoms with van der Waals surface area (Å²) in [6.07, 6.45) is 1.58. The topological polar surface area (TPSA) is 59.1 Å². The van der Waals surface area contributed by atoms with Crippen molar-refractivity contribution in [3.05, 3.63) is 82.0 Å². The van der Waals surface area contributed by atoms with Gasteiger partial charge in [0.25, 0.3) is 5.91 Å². The minimum Gasteiger partial charge on any atom is -0.497 e. The van der Waals surface area contributed by atoms with Gasteiger partial charge in [-0.1, -0.05) is 31.2 Å². The number of thiophene rings is 1. The molecule has 2 aromatic carbocycles. The number of rotatable bonds is 9. The molecule has 6 nitrogen and oxygen atoms in total. The molecule has 1 aliphatic heterocycles. The SMILES string of the molecule is CCCN(CC(=O)N1CCc2sccc2[C@@H]1COc1ccccc1)C(=O)c1cccc(OC)c1. The van der Waals surface area contributed by atoms with E-state index < -0.39 is 0 Å². The molecular formula is C27H30N2O4S. The van der Waals surface area contributed by atoms with Crippen LogP contribution in [-0.2, 0) is 11.2 Å². The summed E-state index contributed by atoms with van der Waals surface area (Å²) in [5, 5.41) is 2.07. The molecule has 1 atom stereocenters. The molecule has 0 spiro atoms. The van der Waals surface area contributed by atoms with Crippen molar-refractivity contribution in [2.45, 2.75) is 25.8 Å². The number of amides is 2. The first kappa shape index (κ1) is 23.8. The third kappa shape index (κ3) is 5.42. The quantitative estimate of drug-likeness (QED) is 0.443. The van der Waals surface area contributed by atoms with Crippen LogP contribution in [0.4, 0.5) is 0 Å². The van der Waals surface area contributed by atoms with Crippen LogP contribution in [0.15, 0.2) is 66.0 Å². The summed E-state index contributed by atoms with van der Waals surface area (Å²) >= 11 is 1.72. The average Bonchev–Trinajstić information content (AvgIpc) is 3.36. The van der Waals surface area contributed by atoms with Gasteiger partial charge in [0, 0.05) is 23.5 Å². The highest BCUT2D eigenvalue weighted by molar-refractivity contribution is 7.10. The fraction of sp³-hybridized carbons (Fsp3) is 0.333. The lowest BCUT2D eigenvalue weighted by molar-refractivity contribution is -0.135. The van der Waals surface area contributed by atoms with E-state index in [0.29, 0.717) is 31.0 Å². The van der Waals surface area contributed by atoms with Crippen molar-refractivity contribution in [1.29, 1.82) is 0 Å². The fourth-order valence-electron chi connectivity index (χ4n) is 4.28. The lowest BCUT2D eigenvalue weighted by Crippen LogP contribution is -2.48. The number of ether oxygens (including phenoxy) is 2. The summed E-state index contributed by atoms with van der Waals surface area (Å²) in [7, 11) is 1.57. The number of hydrogen-bond donors (Lipinski definition) is 0. The van der Waals surface area contributed by atoms with E-state index in [1.165, 1.54) is 4.88 Å². The lowest BCUT2D eigenvalue weighted by atomic mass is 10.0. The van der Waals surface area contributed by atoms with Gasteiger partial charge in [-0.3, -0.25) is 9.59 Å². The number of para-hydroxylation sites is 1. The van der Waals surface area contributed by atoms with Gasteiger partial charge in [0.15, 0.2) is 0 Å². The number of nitrogens with zero attached hydrogens (tertiary/aromatic N) is 2. The second-order valence-electron chi connectivity index (χ2n) is 8.23. The van der Waals surface area contributed by atoms with Crippen LogP contribution in [0.3, 0.4) is 0 Å². The second-order valence-corrected chi connectivity index (χ2v) is 9.24. The standard InChI is InChI=1S/C27H30N2O4S/c1-3-14-28(27(31)20-8-7-11-22(17-20)32-2)18-26(30)29-15-12-25-23(13-16-34-25)24(29)19-33-21-9-5-4-6-10-21/h4-11,13,16-17,24H,3,12,14-15,18-19H2,1-2H3/t24-/m0/s1. The maximum absolute atomic E-state index is 13.6. The van der Waals surface area contributed by atoms with Crippen LogP contribution in [0, 0.1) is 0 Å². The Morgan fingerprint density at radius 3 is 2.65 bits per heavy atom. The largest absolute Gasteiger partial charge is 0.497 e. The third-order valence-electron chi connectivity index (χ3n) is 5.99. The molecule has 0 saturated carbocycles. The lowest BCUT2D eigenvalue weighted by Gasteiger charge is -2.37. The molecular weight excluding hydrogens is 448 g/mol. The van der Waals surface area contributed by atoms with Gasteiger partial charge in [-0.25, -0.2) is 0 Å². The Balaban J connectivity index is 1.51. The highest BCUT2D eigenvalue weighted by Gasteiger charge is 2.33. The van der Waals surface area contributed by atoms with Gasteiger partial charge in [0.2, 0.25) is 5.91 Å².